The zero-order valence-corrected chi connectivity index (χ0v) is 15.7. The Morgan fingerprint density at radius 2 is 2.23 bits per heavy atom. The van der Waals surface area contributed by atoms with Crippen molar-refractivity contribution < 1.29 is 14.3 Å². The van der Waals surface area contributed by atoms with Gasteiger partial charge in [0.2, 0.25) is 11.8 Å². The second-order valence-corrected chi connectivity index (χ2v) is 8.02. The van der Waals surface area contributed by atoms with Crippen molar-refractivity contribution in [3.63, 3.8) is 0 Å². The molecule has 0 bridgehead atoms. The average Bonchev–Trinajstić information content (AvgIpc) is 3.27. The second-order valence-electron chi connectivity index (χ2n) is 6.89. The number of anilines is 1. The number of ether oxygens (including phenoxy) is 1. The fourth-order valence-corrected chi connectivity index (χ4v) is 4.68. The molecule has 2 aromatic heterocycles. The van der Waals surface area contributed by atoms with Crippen molar-refractivity contribution in [1.82, 2.24) is 9.88 Å². The monoisotopic (exact) mass is 371 g/mol. The van der Waals surface area contributed by atoms with Gasteiger partial charge in [-0.1, -0.05) is 6.92 Å². The van der Waals surface area contributed by atoms with Crippen molar-refractivity contribution in [2.45, 2.75) is 31.6 Å². The normalized spacial score (nSPS) is 17.2. The summed E-state index contributed by atoms with van der Waals surface area (Å²) in [6.45, 7) is 2.80. The van der Waals surface area contributed by atoms with Gasteiger partial charge < -0.3 is 15.0 Å². The van der Waals surface area contributed by atoms with Gasteiger partial charge in [0, 0.05) is 22.9 Å². The lowest BCUT2D eigenvalue weighted by atomic mass is 9.91. The summed E-state index contributed by atoms with van der Waals surface area (Å²) in [5, 5.41) is 2.80. The van der Waals surface area contributed by atoms with Crippen LogP contribution in [-0.4, -0.2) is 41.9 Å². The Bertz CT molecular complexity index is 855. The van der Waals surface area contributed by atoms with E-state index in [-0.39, 0.29) is 23.8 Å². The Hall–Kier alpha value is -2.41. The predicted molar refractivity (Wildman–Crippen MR) is 99.9 cm³/mol. The predicted octanol–water partition coefficient (Wildman–Crippen LogP) is 2.84. The molecule has 0 atom stereocenters. The van der Waals surface area contributed by atoms with Gasteiger partial charge in [-0.15, -0.1) is 11.3 Å². The average molecular weight is 371 g/mol. The molecule has 0 aromatic carbocycles. The van der Waals surface area contributed by atoms with E-state index >= 15 is 0 Å². The molecule has 136 valence electrons. The van der Waals surface area contributed by atoms with Crippen LogP contribution in [0.2, 0.25) is 0 Å². The Kier molecular flexibility index (Phi) is 4.19. The number of aromatic nitrogens is 1. The van der Waals surface area contributed by atoms with Crippen molar-refractivity contribution in [1.29, 1.82) is 0 Å². The number of hydrogen-bond acceptors (Lipinski definition) is 5. The summed E-state index contributed by atoms with van der Waals surface area (Å²) in [6.07, 6.45) is 4.66. The first-order valence-corrected chi connectivity index (χ1v) is 9.58. The highest BCUT2D eigenvalue weighted by molar-refractivity contribution is 7.14. The highest BCUT2D eigenvalue weighted by Crippen LogP contribution is 2.54. The number of nitrogens with one attached hydrogen (secondary N) is 1. The molecule has 1 fully saturated rings. The summed E-state index contributed by atoms with van der Waals surface area (Å²) in [6, 6.07) is 5.62. The molecular formula is C19H21N3O3S. The van der Waals surface area contributed by atoms with Crippen LogP contribution < -0.4 is 10.1 Å². The van der Waals surface area contributed by atoms with Gasteiger partial charge in [0.25, 0.3) is 5.91 Å². The van der Waals surface area contributed by atoms with Crippen molar-refractivity contribution in [3.8, 4) is 5.88 Å². The third kappa shape index (κ3) is 2.96. The van der Waals surface area contributed by atoms with E-state index in [4.69, 9.17) is 4.74 Å². The number of methoxy groups -OCH3 is 1. The Morgan fingerprint density at radius 1 is 1.42 bits per heavy atom. The molecule has 0 unspecified atom stereocenters. The fraction of sp³-hybridized carbons (Fsp3) is 0.421. The van der Waals surface area contributed by atoms with Crippen LogP contribution in [0.1, 0.15) is 39.9 Å². The molecule has 7 heteroatoms. The van der Waals surface area contributed by atoms with Crippen LogP contribution in [0.5, 0.6) is 5.88 Å². The fourth-order valence-electron chi connectivity index (χ4n) is 3.49. The number of hydrogen-bond donors (Lipinski definition) is 1. The lowest BCUT2D eigenvalue weighted by molar-refractivity contribution is -0.117. The SMILES string of the molecule is CCc1cc2c(s1)C(=O)N(CC(=O)Nc1ccc(OC)nc1)CC21CC1. The van der Waals surface area contributed by atoms with Crippen LogP contribution >= 0.6 is 11.3 Å². The molecule has 3 heterocycles. The summed E-state index contributed by atoms with van der Waals surface area (Å²) in [5.74, 6) is 0.254. The molecule has 1 aliphatic carbocycles. The molecule has 1 saturated carbocycles. The number of rotatable bonds is 5. The van der Waals surface area contributed by atoms with Crippen molar-refractivity contribution in [2.75, 3.05) is 25.5 Å². The van der Waals surface area contributed by atoms with Gasteiger partial charge in [-0.05, 0) is 37.0 Å². The topological polar surface area (TPSA) is 71.5 Å². The van der Waals surface area contributed by atoms with E-state index in [2.05, 4.69) is 23.3 Å². The molecule has 2 aromatic rings. The van der Waals surface area contributed by atoms with Gasteiger partial charge in [0.1, 0.15) is 6.54 Å². The first-order valence-electron chi connectivity index (χ1n) is 8.77. The quantitative estimate of drug-likeness (QED) is 0.877. The van der Waals surface area contributed by atoms with Gasteiger partial charge in [-0.25, -0.2) is 4.98 Å². The van der Waals surface area contributed by atoms with Gasteiger partial charge in [-0.2, -0.15) is 0 Å². The van der Waals surface area contributed by atoms with E-state index in [0.29, 0.717) is 18.1 Å². The smallest absolute Gasteiger partial charge is 0.264 e. The molecule has 26 heavy (non-hydrogen) atoms. The Morgan fingerprint density at radius 3 is 2.85 bits per heavy atom. The minimum Gasteiger partial charge on any atom is -0.481 e. The number of pyridine rings is 1. The van der Waals surface area contributed by atoms with Gasteiger partial charge in [0.05, 0.1) is 23.9 Å². The molecule has 4 rings (SSSR count). The molecule has 2 amide bonds. The summed E-state index contributed by atoms with van der Waals surface area (Å²) >= 11 is 1.58. The first-order chi connectivity index (χ1) is 12.5. The molecule has 0 saturated heterocycles. The molecule has 1 spiro atoms. The minimum atomic E-state index is -0.211. The third-order valence-corrected chi connectivity index (χ3v) is 6.36. The lowest BCUT2D eigenvalue weighted by Gasteiger charge is -2.32. The molecule has 6 nitrogen and oxygen atoms in total. The zero-order chi connectivity index (χ0) is 18.3. The number of nitrogens with zero attached hydrogens (tertiary/aromatic N) is 2. The van der Waals surface area contributed by atoms with E-state index < -0.39 is 0 Å². The van der Waals surface area contributed by atoms with Gasteiger partial charge in [-0.3, -0.25) is 9.59 Å². The third-order valence-electron chi connectivity index (χ3n) is 5.10. The molecule has 1 aliphatic heterocycles. The van der Waals surface area contributed by atoms with Crippen molar-refractivity contribution in [2.24, 2.45) is 0 Å². The summed E-state index contributed by atoms with van der Waals surface area (Å²) in [5.41, 5.74) is 1.88. The van der Waals surface area contributed by atoms with Gasteiger partial charge >= 0.3 is 0 Å². The highest BCUT2D eigenvalue weighted by atomic mass is 32.1. The zero-order valence-electron chi connectivity index (χ0n) is 14.9. The van der Waals surface area contributed by atoms with Crippen molar-refractivity contribution >= 4 is 28.8 Å². The van der Waals surface area contributed by atoms with Crippen LogP contribution in [-0.2, 0) is 16.6 Å². The Labute approximate surface area is 156 Å². The number of thiophene rings is 1. The maximum atomic E-state index is 12.9. The summed E-state index contributed by atoms with van der Waals surface area (Å²) in [4.78, 5) is 33.1. The van der Waals surface area contributed by atoms with E-state index in [0.717, 1.165) is 24.1 Å². The van der Waals surface area contributed by atoms with Gasteiger partial charge in [0.15, 0.2) is 0 Å². The van der Waals surface area contributed by atoms with Crippen LogP contribution in [0.4, 0.5) is 5.69 Å². The minimum absolute atomic E-state index is 0.0229. The standard InChI is InChI=1S/C19H21N3O3S/c1-3-13-8-14-17(26-13)18(24)22(11-19(14)6-7-19)10-15(23)21-12-4-5-16(25-2)20-9-12/h4-5,8-9H,3,6-7,10-11H2,1-2H3,(H,21,23). The first kappa shape index (κ1) is 17.0. The summed E-state index contributed by atoms with van der Waals surface area (Å²) in [7, 11) is 1.54. The molecular weight excluding hydrogens is 350 g/mol. The van der Waals surface area contributed by atoms with E-state index in [1.807, 2.05) is 0 Å². The Balaban J connectivity index is 1.48. The van der Waals surface area contributed by atoms with Crippen LogP contribution in [0.25, 0.3) is 0 Å². The number of carbonyl (C=O) groups excluding carboxylic acids is 2. The highest BCUT2D eigenvalue weighted by Gasteiger charge is 2.52. The number of carbonyl (C=O) groups is 2. The largest absolute Gasteiger partial charge is 0.481 e. The maximum Gasteiger partial charge on any atom is 0.264 e. The number of fused-ring (bicyclic) bond motifs is 2. The molecule has 2 aliphatic rings. The lowest BCUT2D eigenvalue weighted by Crippen LogP contribution is -2.46. The molecule has 1 N–H and O–H groups in total. The maximum absolute atomic E-state index is 12.9. The van der Waals surface area contributed by atoms with Crippen molar-refractivity contribution in [3.05, 3.63) is 39.7 Å². The second kappa shape index (κ2) is 6.39. The summed E-state index contributed by atoms with van der Waals surface area (Å²) < 4.78 is 5.01. The number of amides is 2. The van der Waals surface area contributed by atoms with E-state index in [1.165, 1.54) is 10.4 Å². The van der Waals surface area contributed by atoms with Crippen LogP contribution in [0.3, 0.4) is 0 Å². The molecule has 0 radical (unpaired) electrons. The van der Waals surface area contributed by atoms with E-state index in [1.54, 1.807) is 41.7 Å². The van der Waals surface area contributed by atoms with Crippen LogP contribution in [0, 0.1) is 0 Å². The van der Waals surface area contributed by atoms with E-state index in [9.17, 15) is 9.59 Å². The number of aryl methyl sites for hydroxylation is 1. The van der Waals surface area contributed by atoms with Crippen LogP contribution in [0.15, 0.2) is 24.4 Å².